The lowest BCUT2D eigenvalue weighted by atomic mass is 10.1. The molecule has 0 bridgehead atoms. The van der Waals surface area contributed by atoms with Crippen LogP contribution in [0.3, 0.4) is 0 Å². The number of quaternary nitrogens is 1. The van der Waals surface area contributed by atoms with Crippen LogP contribution in [0.5, 0.6) is 11.5 Å². The molecular weight excluding hydrogens is 500 g/mol. The number of amides is 1. The molecule has 16 nitrogen and oxygen atoms in total. The SMILES string of the molecule is COc1cc(C2=NNC(=O)C[NH+]2C)ccc1OCc1ccc[nH+]c1.O.O=C([O-])C(=O)O.O=C([O-])C(=O)O. The molecule has 2 aromatic rings. The normalized spacial score (nSPS) is 13.4. The Labute approximate surface area is 208 Å². The number of amidine groups is 1. The second-order valence-corrected chi connectivity index (χ2v) is 6.70. The van der Waals surface area contributed by atoms with Gasteiger partial charge in [0.15, 0.2) is 42.4 Å². The van der Waals surface area contributed by atoms with Gasteiger partial charge in [0.25, 0.3) is 11.7 Å². The lowest BCUT2D eigenvalue weighted by Gasteiger charge is -2.19. The van der Waals surface area contributed by atoms with E-state index in [4.69, 9.17) is 49.1 Å². The summed E-state index contributed by atoms with van der Waals surface area (Å²) in [4.78, 5) is 51.4. The third kappa shape index (κ3) is 11.3. The van der Waals surface area contributed by atoms with E-state index in [9.17, 15) is 4.79 Å². The van der Waals surface area contributed by atoms with Crippen molar-refractivity contribution in [3.63, 3.8) is 0 Å². The number of hydrazone groups is 1. The summed E-state index contributed by atoms with van der Waals surface area (Å²) < 4.78 is 11.3. The first-order valence-electron chi connectivity index (χ1n) is 9.80. The van der Waals surface area contributed by atoms with Crippen molar-refractivity contribution in [2.45, 2.75) is 6.61 Å². The maximum atomic E-state index is 11.4. The van der Waals surface area contributed by atoms with Gasteiger partial charge in [-0.25, -0.2) is 20.0 Å². The van der Waals surface area contributed by atoms with E-state index in [0.717, 1.165) is 21.9 Å². The molecule has 200 valence electrons. The number of carboxylic acid groups (broad SMARTS) is 4. The quantitative estimate of drug-likeness (QED) is 0.268. The van der Waals surface area contributed by atoms with E-state index in [2.05, 4.69) is 15.5 Å². The molecule has 2 heterocycles. The molecule has 37 heavy (non-hydrogen) atoms. The number of hydrogen-bond acceptors (Lipinski definition) is 10. The number of nitrogens with one attached hydrogen (secondary N) is 3. The Kier molecular flexibility index (Phi) is 13.6. The zero-order valence-electron chi connectivity index (χ0n) is 19.5. The number of likely N-dealkylation sites (N-methyl/N-ethyl adjacent to an activating group) is 1. The maximum absolute atomic E-state index is 11.4. The minimum absolute atomic E-state index is 0. The van der Waals surface area contributed by atoms with Crippen molar-refractivity contribution in [1.29, 1.82) is 0 Å². The molecule has 0 radical (unpaired) electrons. The fraction of sp³-hybridized carbons (Fsp3) is 0.190. The van der Waals surface area contributed by atoms with Crippen molar-refractivity contribution >= 4 is 35.6 Å². The molecule has 1 unspecified atom stereocenters. The molecular formula is C21H24N4O12. The number of carbonyl (C=O) groups is 5. The average molecular weight is 524 g/mol. The monoisotopic (exact) mass is 524 g/mol. The number of aliphatic carboxylic acids is 4. The lowest BCUT2D eigenvalue weighted by molar-refractivity contribution is -0.774. The molecule has 7 N–H and O–H groups in total. The highest BCUT2D eigenvalue weighted by molar-refractivity contribution is 6.26. The van der Waals surface area contributed by atoms with Gasteiger partial charge in [0.1, 0.15) is 6.61 Å². The predicted octanol–water partition coefficient (Wildman–Crippen LogP) is -5.79. The van der Waals surface area contributed by atoms with Crippen molar-refractivity contribution in [2.24, 2.45) is 5.10 Å². The molecule has 1 atom stereocenters. The summed E-state index contributed by atoms with van der Waals surface area (Å²) in [5, 5.41) is 36.8. The molecule has 0 aliphatic carbocycles. The first kappa shape index (κ1) is 31.9. The summed E-state index contributed by atoms with van der Waals surface area (Å²) in [6.07, 6.45) is 3.74. The van der Waals surface area contributed by atoms with Gasteiger partial charge in [-0.1, -0.05) is 0 Å². The largest absolute Gasteiger partial charge is 0.539 e. The highest BCUT2D eigenvalue weighted by atomic mass is 16.5. The summed E-state index contributed by atoms with van der Waals surface area (Å²) in [5.74, 6) is -6.07. The van der Waals surface area contributed by atoms with Gasteiger partial charge in [-0.05, 0) is 24.3 Å². The molecule has 0 spiro atoms. The molecule has 1 aliphatic heterocycles. The van der Waals surface area contributed by atoms with Gasteiger partial charge in [0, 0.05) is 6.07 Å². The first-order valence-corrected chi connectivity index (χ1v) is 9.80. The zero-order valence-corrected chi connectivity index (χ0v) is 19.5. The fourth-order valence-electron chi connectivity index (χ4n) is 2.50. The highest BCUT2D eigenvalue weighted by Crippen LogP contribution is 2.28. The standard InChI is InChI=1S/C17H18N4O3.2C2H2O4.H2O/c1-21-10-16(22)19-20-17(21)13-5-6-14(15(8-13)23-2)24-11-12-4-3-7-18-9-12;2*3-1(4)2(5)6;/h3-9H,10-11H2,1-2H3,(H,19,22);2*(H,3,4)(H,5,6);1H2. The van der Waals surface area contributed by atoms with Crippen molar-refractivity contribution in [3.8, 4) is 11.5 Å². The van der Waals surface area contributed by atoms with Crippen LogP contribution >= 0.6 is 0 Å². The number of hydrogen-bond donors (Lipinski definition) is 4. The van der Waals surface area contributed by atoms with Gasteiger partial charge in [-0.3, -0.25) is 9.69 Å². The third-order valence-electron chi connectivity index (χ3n) is 4.07. The molecule has 0 saturated carbocycles. The van der Waals surface area contributed by atoms with Crippen molar-refractivity contribution in [2.75, 3.05) is 20.7 Å². The van der Waals surface area contributed by atoms with E-state index < -0.39 is 23.9 Å². The van der Waals surface area contributed by atoms with E-state index in [-0.39, 0.29) is 11.4 Å². The number of rotatable bonds is 5. The number of aromatic amines is 1. The number of H-pyrrole nitrogens is 1. The average Bonchev–Trinajstić information content (AvgIpc) is 2.84. The number of carboxylic acids is 4. The van der Waals surface area contributed by atoms with Crippen LogP contribution < -0.4 is 35.0 Å². The highest BCUT2D eigenvalue weighted by Gasteiger charge is 2.24. The number of pyridine rings is 1. The molecule has 0 fully saturated rings. The van der Waals surface area contributed by atoms with Gasteiger partial charge < -0.3 is 45.0 Å². The van der Waals surface area contributed by atoms with E-state index in [1.54, 1.807) is 7.11 Å². The number of aromatic nitrogens is 1. The van der Waals surface area contributed by atoms with Crippen molar-refractivity contribution in [3.05, 3.63) is 53.9 Å². The van der Waals surface area contributed by atoms with Crippen LogP contribution in [0.2, 0.25) is 0 Å². The summed E-state index contributed by atoms with van der Waals surface area (Å²) in [7, 11) is 3.50. The van der Waals surface area contributed by atoms with Gasteiger partial charge in [-0.2, -0.15) is 0 Å². The van der Waals surface area contributed by atoms with Crippen LogP contribution in [0.1, 0.15) is 11.1 Å². The Hall–Kier alpha value is -5.09. The minimum atomic E-state index is -2.07. The number of ether oxygens (including phenoxy) is 2. The van der Waals surface area contributed by atoms with Gasteiger partial charge in [0.2, 0.25) is 0 Å². The zero-order chi connectivity index (χ0) is 27.3. The minimum Gasteiger partial charge on any atom is -0.539 e. The summed E-state index contributed by atoms with van der Waals surface area (Å²) in [6.45, 7) is 0.791. The van der Waals surface area contributed by atoms with E-state index >= 15 is 0 Å². The van der Waals surface area contributed by atoms with Crippen molar-refractivity contribution < 1.29 is 69.2 Å². The molecule has 3 rings (SSSR count). The summed E-state index contributed by atoms with van der Waals surface area (Å²) in [5.41, 5.74) is 4.43. The Morgan fingerprint density at radius 3 is 2.16 bits per heavy atom. The second-order valence-electron chi connectivity index (χ2n) is 6.70. The number of methoxy groups -OCH3 is 1. The van der Waals surface area contributed by atoms with Crippen LogP contribution in [-0.2, 0) is 30.6 Å². The molecule has 1 aromatic heterocycles. The number of benzene rings is 1. The first-order chi connectivity index (χ1) is 17.0. The van der Waals surface area contributed by atoms with Gasteiger partial charge >= 0.3 is 11.9 Å². The second kappa shape index (κ2) is 15.7. The predicted molar refractivity (Wildman–Crippen MR) is 116 cm³/mol. The molecule has 16 heteroatoms. The van der Waals surface area contributed by atoms with Crippen LogP contribution in [0.4, 0.5) is 0 Å². The van der Waals surface area contributed by atoms with Crippen LogP contribution in [0.25, 0.3) is 0 Å². The van der Waals surface area contributed by atoms with Crippen LogP contribution in [-0.4, -0.2) is 72.0 Å². The Balaban J connectivity index is 0.000000836. The number of nitrogens with zero attached hydrogens (tertiary/aromatic N) is 1. The van der Waals surface area contributed by atoms with Gasteiger partial charge in [-0.15, -0.1) is 5.10 Å². The smallest absolute Gasteiger partial charge is 0.351 e. The Morgan fingerprint density at radius 1 is 1.11 bits per heavy atom. The maximum Gasteiger partial charge on any atom is 0.351 e. The van der Waals surface area contributed by atoms with Crippen LogP contribution in [0.15, 0.2) is 47.8 Å². The topological polar surface area (TPSA) is 265 Å². The fourth-order valence-corrected chi connectivity index (χ4v) is 2.50. The lowest BCUT2D eigenvalue weighted by Crippen LogP contribution is -3.14. The van der Waals surface area contributed by atoms with E-state index in [1.807, 2.05) is 49.8 Å². The van der Waals surface area contributed by atoms with Crippen molar-refractivity contribution in [1.82, 2.24) is 5.43 Å². The summed E-state index contributed by atoms with van der Waals surface area (Å²) >= 11 is 0. The van der Waals surface area contributed by atoms with E-state index in [0.29, 0.717) is 24.7 Å². The Morgan fingerprint density at radius 2 is 1.70 bits per heavy atom. The summed E-state index contributed by atoms with van der Waals surface area (Å²) in [6, 6.07) is 9.54. The van der Waals surface area contributed by atoms with Crippen LogP contribution in [0, 0.1) is 0 Å². The number of carbonyl (C=O) groups excluding carboxylic acids is 3. The molecule has 1 aromatic carbocycles. The third-order valence-corrected chi connectivity index (χ3v) is 4.07. The Bertz CT molecular complexity index is 1090. The van der Waals surface area contributed by atoms with E-state index in [1.165, 1.54) is 0 Å². The van der Waals surface area contributed by atoms with Gasteiger partial charge in [0.05, 0.1) is 25.3 Å². The molecule has 1 amide bonds. The molecule has 1 aliphatic rings. The molecule has 0 saturated heterocycles.